The molecule has 0 bridgehead atoms. The van der Waals surface area contributed by atoms with Gasteiger partial charge in [-0.1, -0.05) is 12.1 Å². The van der Waals surface area contributed by atoms with Crippen LogP contribution in [0.4, 0.5) is 17.1 Å². The van der Waals surface area contributed by atoms with Crippen molar-refractivity contribution < 1.29 is 23.9 Å². The molecule has 2 aromatic carbocycles. The van der Waals surface area contributed by atoms with Crippen molar-refractivity contribution in [3.63, 3.8) is 0 Å². The standard InChI is InChI=1S/C25H27N5O7/c1-27(16-24(31)36-3)23-15-20(17-5-4-6-19(13-17)35-2)26-29(25(23)32)22-14-18(7-8-21(22)30(33)34)28-9-11-37-12-10-28/h4-8,13-15H,9-12,16H2,1-3H3. The second-order valence-electron chi connectivity index (χ2n) is 8.33. The van der Waals surface area contributed by atoms with Crippen LogP contribution < -0.4 is 20.1 Å². The number of aromatic nitrogens is 2. The van der Waals surface area contributed by atoms with E-state index in [1.165, 1.54) is 31.3 Å². The van der Waals surface area contributed by atoms with Crippen molar-refractivity contribution in [2.45, 2.75) is 0 Å². The first-order valence-corrected chi connectivity index (χ1v) is 11.5. The molecule has 37 heavy (non-hydrogen) atoms. The van der Waals surface area contributed by atoms with Gasteiger partial charge in [-0.15, -0.1) is 0 Å². The lowest BCUT2D eigenvalue weighted by Gasteiger charge is -2.29. The molecule has 1 aliphatic heterocycles. The molecule has 12 heteroatoms. The number of hydrogen-bond acceptors (Lipinski definition) is 10. The average molecular weight is 510 g/mol. The molecule has 1 fully saturated rings. The van der Waals surface area contributed by atoms with E-state index in [-0.39, 0.29) is 23.6 Å². The number of rotatable bonds is 8. The number of hydrogen-bond donors (Lipinski definition) is 0. The number of ether oxygens (including phenoxy) is 3. The largest absolute Gasteiger partial charge is 0.497 e. The van der Waals surface area contributed by atoms with Crippen molar-refractivity contribution in [1.29, 1.82) is 0 Å². The Morgan fingerprint density at radius 2 is 1.92 bits per heavy atom. The van der Waals surface area contributed by atoms with Crippen molar-refractivity contribution in [1.82, 2.24) is 9.78 Å². The van der Waals surface area contributed by atoms with Crippen LogP contribution in [0.3, 0.4) is 0 Å². The number of nitro groups is 1. The number of nitro benzene ring substituents is 1. The lowest BCUT2D eigenvalue weighted by atomic mass is 10.1. The van der Waals surface area contributed by atoms with Gasteiger partial charge in [-0.05, 0) is 30.3 Å². The molecule has 4 rings (SSSR count). The lowest BCUT2D eigenvalue weighted by molar-refractivity contribution is -0.384. The smallest absolute Gasteiger partial charge is 0.325 e. The molecule has 1 aliphatic rings. The fourth-order valence-corrected chi connectivity index (χ4v) is 4.04. The van der Waals surface area contributed by atoms with Crippen LogP contribution in [-0.4, -0.2) is 74.8 Å². The van der Waals surface area contributed by atoms with Gasteiger partial charge in [0.2, 0.25) is 0 Å². The summed E-state index contributed by atoms with van der Waals surface area (Å²) < 4.78 is 16.5. The molecule has 0 amide bonds. The zero-order valence-corrected chi connectivity index (χ0v) is 20.7. The molecule has 12 nitrogen and oxygen atoms in total. The summed E-state index contributed by atoms with van der Waals surface area (Å²) in [7, 11) is 4.35. The van der Waals surface area contributed by atoms with Gasteiger partial charge in [0, 0.05) is 37.5 Å². The molecule has 0 atom stereocenters. The molecule has 0 spiro atoms. The highest BCUT2D eigenvalue weighted by atomic mass is 16.6. The first kappa shape index (κ1) is 25.6. The number of carbonyl (C=O) groups excluding carboxylic acids is 1. The Morgan fingerprint density at radius 3 is 2.59 bits per heavy atom. The number of methoxy groups -OCH3 is 2. The van der Waals surface area contributed by atoms with Crippen LogP contribution in [-0.2, 0) is 14.3 Å². The highest BCUT2D eigenvalue weighted by molar-refractivity contribution is 5.76. The van der Waals surface area contributed by atoms with Crippen molar-refractivity contribution >= 4 is 23.0 Å². The maximum absolute atomic E-state index is 13.7. The fourth-order valence-electron chi connectivity index (χ4n) is 4.04. The molecule has 194 valence electrons. The van der Waals surface area contributed by atoms with Crippen LogP contribution in [0, 0.1) is 10.1 Å². The number of morpholine rings is 1. The summed E-state index contributed by atoms with van der Waals surface area (Å²) in [5, 5.41) is 16.5. The van der Waals surface area contributed by atoms with E-state index in [2.05, 4.69) is 5.10 Å². The minimum Gasteiger partial charge on any atom is -0.497 e. The third-order valence-electron chi connectivity index (χ3n) is 6.02. The Balaban J connectivity index is 1.94. The number of benzene rings is 2. The van der Waals surface area contributed by atoms with Gasteiger partial charge in [-0.2, -0.15) is 9.78 Å². The van der Waals surface area contributed by atoms with Gasteiger partial charge in [0.25, 0.3) is 11.2 Å². The number of likely N-dealkylation sites (N-methyl/N-ethyl adjacent to an activating group) is 1. The van der Waals surface area contributed by atoms with Crippen LogP contribution in [0.25, 0.3) is 16.9 Å². The Hall–Kier alpha value is -4.45. The van der Waals surface area contributed by atoms with Crippen molar-refractivity contribution in [2.24, 2.45) is 0 Å². The molecule has 2 heterocycles. The van der Waals surface area contributed by atoms with Crippen LogP contribution in [0.15, 0.2) is 53.3 Å². The zero-order valence-electron chi connectivity index (χ0n) is 20.7. The first-order chi connectivity index (χ1) is 17.8. The summed E-state index contributed by atoms with van der Waals surface area (Å²) in [4.78, 5) is 40.5. The minimum absolute atomic E-state index is 0.0106. The predicted molar refractivity (Wildman–Crippen MR) is 137 cm³/mol. The SMILES string of the molecule is COC(=O)CN(C)c1cc(-c2cccc(OC)c2)nn(-c2cc(N3CCOCC3)ccc2[N+](=O)[O-])c1=O. The molecule has 0 saturated carbocycles. The third-order valence-corrected chi connectivity index (χ3v) is 6.02. The second kappa shape index (κ2) is 11.1. The van der Waals surface area contributed by atoms with E-state index in [4.69, 9.17) is 14.2 Å². The van der Waals surface area contributed by atoms with Gasteiger partial charge >= 0.3 is 5.97 Å². The van der Waals surface area contributed by atoms with Crippen LogP contribution in [0.1, 0.15) is 0 Å². The molecule has 1 saturated heterocycles. The Bertz CT molecular complexity index is 1370. The van der Waals surface area contributed by atoms with E-state index < -0.39 is 16.5 Å². The highest BCUT2D eigenvalue weighted by Gasteiger charge is 2.24. The molecule has 1 aromatic heterocycles. The van der Waals surface area contributed by atoms with E-state index in [1.807, 2.05) is 4.90 Å². The quantitative estimate of drug-likeness (QED) is 0.253. The fraction of sp³-hybridized carbons (Fsp3) is 0.320. The monoisotopic (exact) mass is 509 g/mol. The van der Waals surface area contributed by atoms with Crippen molar-refractivity contribution in [2.75, 3.05) is 63.9 Å². The normalized spacial score (nSPS) is 13.2. The number of anilines is 2. The summed E-state index contributed by atoms with van der Waals surface area (Å²) in [6.07, 6.45) is 0. The second-order valence-corrected chi connectivity index (χ2v) is 8.33. The van der Waals surface area contributed by atoms with Crippen molar-refractivity contribution in [3.05, 3.63) is 69.0 Å². The highest BCUT2D eigenvalue weighted by Crippen LogP contribution is 2.30. The Labute approximate surface area is 212 Å². The van der Waals surface area contributed by atoms with Crippen molar-refractivity contribution in [3.8, 4) is 22.7 Å². The minimum atomic E-state index is -0.625. The Morgan fingerprint density at radius 1 is 1.16 bits per heavy atom. The molecule has 0 unspecified atom stereocenters. The van der Waals surface area contributed by atoms with Gasteiger partial charge in [-0.25, -0.2) is 0 Å². The van der Waals surface area contributed by atoms with Crippen LogP contribution in [0.2, 0.25) is 0 Å². The maximum Gasteiger partial charge on any atom is 0.325 e. The van der Waals surface area contributed by atoms with E-state index in [9.17, 15) is 19.7 Å². The van der Waals surface area contributed by atoms with Gasteiger partial charge in [-0.3, -0.25) is 19.7 Å². The number of esters is 1. The summed E-state index contributed by atoms with van der Waals surface area (Å²) in [5.74, 6) is 0.0234. The van der Waals surface area contributed by atoms with Crippen LogP contribution in [0.5, 0.6) is 5.75 Å². The molecule has 3 aromatic rings. The molecular weight excluding hydrogens is 482 g/mol. The average Bonchev–Trinajstić information content (AvgIpc) is 2.93. The third kappa shape index (κ3) is 5.54. The molecular formula is C25H27N5O7. The number of carbonyl (C=O) groups is 1. The zero-order chi connectivity index (χ0) is 26.5. The van der Waals surface area contributed by atoms with E-state index in [1.54, 1.807) is 43.4 Å². The van der Waals surface area contributed by atoms with Gasteiger partial charge < -0.3 is 24.0 Å². The predicted octanol–water partition coefficient (Wildman–Crippen LogP) is 2.26. The number of nitrogens with zero attached hydrogens (tertiary/aromatic N) is 5. The maximum atomic E-state index is 13.7. The summed E-state index contributed by atoms with van der Waals surface area (Å²) in [6.45, 7) is 2.06. The van der Waals surface area contributed by atoms with Gasteiger partial charge in [0.05, 0.1) is 38.1 Å². The topological polar surface area (TPSA) is 129 Å². The molecule has 0 radical (unpaired) electrons. The lowest BCUT2D eigenvalue weighted by Crippen LogP contribution is -2.36. The first-order valence-electron chi connectivity index (χ1n) is 11.5. The van der Waals surface area contributed by atoms with E-state index in [0.717, 1.165) is 4.68 Å². The van der Waals surface area contributed by atoms with Gasteiger partial charge in [0.1, 0.15) is 23.7 Å². The van der Waals surface area contributed by atoms with E-state index in [0.29, 0.717) is 49.0 Å². The molecule has 0 aliphatic carbocycles. The summed E-state index contributed by atoms with van der Waals surface area (Å²) in [6, 6.07) is 13.2. The van der Waals surface area contributed by atoms with E-state index >= 15 is 0 Å². The molecule has 0 N–H and O–H groups in total. The van der Waals surface area contributed by atoms with Gasteiger partial charge in [0.15, 0.2) is 0 Å². The van der Waals surface area contributed by atoms with Crippen LogP contribution >= 0.6 is 0 Å². The summed E-state index contributed by atoms with van der Waals surface area (Å²) >= 11 is 0. The Kier molecular flexibility index (Phi) is 7.68. The summed E-state index contributed by atoms with van der Waals surface area (Å²) in [5.41, 5.74) is 0.898.